The third kappa shape index (κ3) is 2.70. The molecule has 102 valence electrons. The van der Waals surface area contributed by atoms with Crippen molar-refractivity contribution in [1.29, 1.82) is 0 Å². The van der Waals surface area contributed by atoms with Gasteiger partial charge in [-0.25, -0.2) is 14.2 Å². The number of esters is 1. The summed E-state index contributed by atoms with van der Waals surface area (Å²) in [7, 11) is 2.65. The number of aliphatic imine (C=N–C) groups is 1. The molecule has 2 rings (SSSR count). The number of carbonyl (C=O) groups excluding carboxylic acids is 1. The molecule has 1 heterocycles. The van der Waals surface area contributed by atoms with Crippen LogP contribution in [0.5, 0.6) is 5.75 Å². The average molecular weight is 332 g/mol. The summed E-state index contributed by atoms with van der Waals surface area (Å²) in [4.78, 5) is 15.4. The lowest BCUT2D eigenvalue weighted by Gasteiger charge is -2.07. The maximum atomic E-state index is 13.7. The molecule has 0 fully saturated rings. The van der Waals surface area contributed by atoms with Crippen LogP contribution in [0.15, 0.2) is 21.6 Å². The molecule has 19 heavy (non-hydrogen) atoms. The predicted molar refractivity (Wildman–Crippen MR) is 68.9 cm³/mol. The first-order valence-corrected chi connectivity index (χ1v) is 6.18. The van der Waals surface area contributed by atoms with E-state index in [1.807, 2.05) is 0 Å². The van der Waals surface area contributed by atoms with Crippen LogP contribution in [0.1, 0.15) is 5.56 Å². The third-order valence-corrected chi connectivity index (χ3v) is 3.16. The van der Waals surface area contributed by atoms with Gasteiger partial charge in [0.2, 0.25) is 5.90 Å². The minimum atomic E-state index is -0.705. The minimum Gasteiger partial charge on any atom is -0.492 e. The molecule has 0 radical (unpaired) electrons. The number of methoxy groups -OCH3 is 2. The van der Waals surface area contributed by atoms with E-state index in [1.54, 1.807) is 6.07 Å². The van der Waals surface area contributed by atoms with Crippen LogP contribution in [0.3, 0.4) is 0 Å². The number of rotatable bonds is 3. The molecule has 5 nitrogen and oxygen atoms in total. The summed E-state index contributed by atoms with van der Waals surface area (Å²) in [5.74, 6) is -0.715. The van der Waals surface area contributed by atoms with E-state index in [2.05, 4.69) is 25.7 Å². The van der Waals surface area contributed by atoms with E-state index in [0.29, 0.717) is 10.0 Å². The van der Waals surface area contributed by atoms with Crippen molar-refractivity contribution in [3.63, 3.8) is 0 Å². The van der Waals surface area contributed by atoms with Gasteiger partial charge in [-0.05, 0) is 28.1 Å². The maximum Gasteiger partial charge on any atom is 0.334 e. The molecule has 1 aliphatic rings. The predicted octanol–water partition coefficient (Wildman–Crippen LogP) is 1.92. The number of carbonyl (C=O) groups is 1. The normalized spacial score (nSPS) is 17.7. The summed E-state index contributed by atoms with van der Waals surface area (Å²) in [6.07, 6.45) is 0. The van der Waals surface area contributed by atoms with E-state index in [9.17, 15) is 9.18 Å². The fourth-order valence-electron chi connectivity index (χ4n) is 1.67. The lowest BCUT2D eigenvalue weighted by Crippen LogP contribution is -2.21. The second-order valence-corrected chi connectivity index (χ2v) is 4.61. The molecular weight excluding hydrogens is 321 g/mol. The fourth-order valence-corrected chi connectivity index (χ4v) is 2.26. The van der Waals surface area contributed by atoms with Crippen LogP contribution in [-0.4, -0.2) is 38.7 Å². The summed E-state index contributed by atoms with van der Waals surface area (Å²) < 4.78 is 28.9. The molecule has 0 N–H and O–H groups in total. The summed E-state index contributed by atoms with van der Waals surface area (Å²) in [6, 6.07) is 2.15. The monoisotopic (exact) mass is 331 g/mol. The lowest BCUT2D eigenvalue weighted by molar-refractivity contribution is -0.142. The molecule has 0 bridgehead atoms. The number of nitrogens with zero attached hydrogens (tertiary/aromatic N) is 1. The van der Waals surface area contributed by atoms with Gasteiger partial charge in [0.05, 0.1) is 18.7 Å². The van der Waals surface area contributed by atoms with Crippen LogP contribution in [0.4, 0.5) is 4.39 Å². The molecule has 0 aromatic heterocycles. The van der Waals surface area contributed by atoms with Crippen molar-refractivity contribution in [3.8, 4) is 5.75 Å². The lowest BCUT2D eigenvalue weighted by atomic mass is 10.2. The van der Waals surface area contributed by atoms with E-state index in [0.717, 1.165) is 0 Å². The van der Waals surface area contributed by atoms with Gasteiger partial charge in [0, 0.05) is 5.56 Å². The van der Waals surface area contributed by atoms with Crippen molar-refractivity contribution < 1.29 is 23.4 Å². The molecular formula is C12H11BrFNO4. The van der Waals surface area contributed by atoms with Crippen molar-refractivity contribution >= 4 is 27.8 Å². The standard InChI is InChI=1S/C12H11BrFNO4/c1-17-10-7(13)3-6(4-8(10)14)11-15-9(5-19-11)12(16)18-2/h3-4,9H,5H2,1-2H3/t9-/m1/s1. The van der Waals surface area contributed by atoms with Crippen LogP contribution in [-0.2, 0) is 14.3 Å². The van der Waals surface area contributed by atoms with Crippen LogP contribution in [0.2, 0.25) is 0 Å². The van der Waals surface area contributed by atoms with E-state index < -0.39 is 17.8 Å². The molecule has 0 saturated heterocycles. The Morgan fingerprint density at radius 2 is 2.26 bits per heavy atom. The van der Waals surface area contributed by atoms with Gasteiger partial charge < -0.3 is 14.2 Å². The zero-order chi connectivity index (χ0) is 14.0. The summed E-state index contributed by atoms with van der Waals surface area (Å²) >= 11 is 3.20. The molecule has 1 atom stereocenters. The molecule has 1 aliphatic heterocycles. The second-order valence-electron chi connectivity index (χ2n) is 3.76. The smallest absolute Gasteiger partial charge is 0.334 e. The number of halogens is 2. The van der Waals surface area contributed by atoms with E-state index in [4.69, 9.17) is 9.47 Å². The Bertz CT molecular complexity index is 524. The van der Waals surface area contributed by atoms with Crippen molar-refractivity contribution in [2.75, 3.05) is 20.8 Å². The summed E-state index contributed by atoms with van der Waals surface area (Å²) in [5.41, 5.74) is 0.427. The number of hydrogen-bond donors (Lipinski definition) is 0. The Labute approximate surface area is 117 Å². The van der Waals surface area contributed by atoms with Crippen LogP contribution < -0.4 is 4.74 Å². The second kappa shape index (κ2) is 5.56. The Kier molecular flexibility index (Phi) is 4.04. The van der Waals surface area contributed by atoms with Gasteiger partial charge in [-0.3, -0.25) is 0 Å². The quantitative estimate of drug-likeness (QED) is 0.794. The highest BCUT2D eigenvalue weighted by molar-refractivity contribution is 9.10. The Morgan fingerprint density at radius 1 is 1.53 bits per heavy atom. The van der Waals surface area contributed by atoms with Crippen molar-refractivity contribution in [3.05, 3.63) is 28.0 Å². The van der Waals surface area contributed by atoms with Gasteiger partial charge in [-0.1, -0.05) is 0 Å². The van der Waals surface area contributed by atoms with Crippen LogP contribution in [0, 0.1) is 5.82 Å². The summed E-state index contributed by atoms with van der Waals surface area (Å²) in [5, 5.41) is 0. The van der Waals surface area contributed by atoms with Gasteiger partial charge >= 0.3 is 5.97 Å². The highest BCUT2D eigenvalue weighted by atomic mass is 79.9. The topological polar surface area (TPSA) is 57.1 Å². The van der Waals surface area contributed by atoms with Gasteiger partial charge in [0.25, 0.3) is 0 Å². The van der Waals surface area contributed by atoms with Gasteiger partial charge in [0.1, 0.15) is 6.61 Å². The van der Waals surface area contributed by atoms with Crippen molar-refractivity contribution in [2.24, 2.45) is 4.99 Å². The SMILES string of the molecule is COC(=O)[C@H]1COC(c2cc(F)c(OC)c(Br)c2)=N1. The van der Waals surface area contributed by atoms with Crippen LogP contribution >= 0.6 is 15.9 Å². The van der Waals surface area contributed by atoms with E-state index in [1.165, 1.54) is 20.3 Å². The van der Waals surface area contributed by atoms with Gasteiger partial charge in [-0.15, -0.1) is 0 Å². The Hall–Kier alpha value is -1.63. The molecule has 1 aromatic carbocycles. The molecule has 0 aliphatic carbocycles. The Morgan fingerprint density at radius 3 is 2.84 bits per heavy atom. The number of benzene rings is 1. The zero-order valence-corrected chi connectivity index (χ0v) is 11.9. The largest absolute Gasteiger partial charge is 0.492 e. The minimum absolute atomic E-state index is 0.0905. The van der Waals surface area contributed by atoms with Crippen LogP contribution in [0.25, 0.3) is 0 Å². The molecule has 1 aromatic rings. The Balaban J connectivity index is 2.31. The molecule has 0 unspecified atom stereocenters. The third-order valence-electron chi connectivity index (χ3n) is 2.57. The molecule has 0 saturated carbocycles. The average Bonchev–Trinajstić information content (AvgIpc) is 2.87. The van der Waals surface area contributed by atoms with E-state index >= 15 is 0 Å². The highest BCUT2D eigenvalue weighted by Crippen LogP contribution is 2.30. The molecule has 7 heteroatoms. The van der Waals surface area contributed by atoms with Crippen molar-refractivity contribution in [1.82, 2.24) is 0 Å². The molecule has 0 amide bonds. The first-order valence-electron chi connectivity index (χ1n) is 5.38. The molecule has 0 spiro atoms. The number of hydrogen-bond acceptors (Lipinski definition) is 5. The van der Waals surface area contributed by atoms with Crippen molar-refractivity contribution in [2.45, 2.75) is 6.04 Å². The highest BCUT2D eigenvalue weighted by Gasteiger charge is 2.28. The maximum absolute atomic E-state index is 13.7. The number of ether oxygens (including phenoxy) is 3. The zero-order valence-electron chi connectivity index (χ0n) is 10.3. The van der Waals surface area contributed by atoms with Gasteiger partial charge in [0.15, 0.2) is 17.6 Å². The fraction of sp³-hybridized carbons (Fsp3) is 0.333. The first kappa shape index (κ1) is 13.8. The van der Waals surface area contributed by atoms with Gasteiger partial charge in [-0.2, -0.15) is 0 Å². The summed E-state index contributed by atoms with van der Waals surface area (Å²) in [6.45, 7) is 0.0905. The first-order chi connectivity index (χ1) is 9.06. The van der Waals surface area contributed by atoms with E-state index in [-0.39, 0.29) is 18.3 Å².